The van der Waals surface area contributed by atoms with Crippen LogP contribution in [0.25, 0.3) is 22.1 Å². The number of ether oxygens (including phenoxy) is 2. The summed E-state index contributed by atoms with van der Waals surface area (Å²) in [5, 5.41) is -0.111. The molecule has 0 aliphatic rings. The molecule has 0 fully saturated rings. The molecule has 0 bridgehead atoms. The molecule has 2 aromatic carbocycles. The number of fused-ring (bicyclic) bond motifs is 1. The van der Waals surface area contributed by atoms with E-state index in [1.54, 1.807) is 6.07 Å². The molecule has 0 unspecified atom stereocenters. The van der Waals surface area contributed by atoms with Crippen LogP contribution in [0.4, 0.5) is 13.2 Å². The van der Waals surface area contributed by atoms with Crippen molar-refractivity contribution in [2.75, 3.05) is 7.11 Å². The summed E-state index contributed by atoms with van der Waals surface area (Å²) in [7, 11) is 1.29. The van der Waals surface area contributed by atoms with Gasteiger partial charge in [-0.1, -0.05) is 18.2 Å². The van der Waals surface area contributed by atoms with Crippen LogP contribution >= 0.6 is 0 Å². The summed E-state index contributed by atoms with van der Waals surface area (Å²) < 4.78 is 57.0. The Hall–Kier alpha value is -4.14. The Morgan fingerprint density at radius 1 is 1.06 bits per heavy atom. The number of halogens is 3. The summed E-state index contributed by atoms with van der Waals surface area (Å²) >= 11 is 0. The minimum atomic E-state index is -4.97. The monoisotopic (exact) mass is 441 g/mol. The van der Waals surface area contributed by atoms with Gasteiger partial charge >= 0.3 is 12.1 Å². The third kappa shape index (κ3) is 3.92. The number of alkyl halides is 3. The van der Waals surface area contributed by atoms with E-state index in [0.29, 0.717) is 0 Å². The van der Waals surface area contributed by atoms with Crippen molar-refractivity contribution in [2.45, 2.75) is 6.18 Å². The van der Waals surface area contributed by atoms with E-state index in [-0.39, 0.29) is 33.6 Å². The Kier molecular flexibility index (Phi) is 5.40. The molecule has 4 aromatic rings. The van der Waals surface area contributed by atoms with Crippen LogP contribution in [0.15, 0.2) is 76.2 Å². The number of methoxy groups -OCH3 is 1. The Labute approximate surface area is 178 Å². The van der Waals surface area contributed by atoms with Gasteiger partial charge in [0, 0.05) is 24.0 Å². The third-order valence-corrected chi connectivity index (χ3v) is 4.61. The maximum Gasteiger partial charge on any atom is 0.450 e. The van der Waals surface area contributed by atoms with Gasteiger partial charge in [0.2, 0.25) is 11.2 Å². The zero-order valence-electron chi connectivity index (χ0n) is 16.5. The van der Waals surface area contributed by atoms with E-state index < -0.39 is 28.9 Å². The van der Waals surface area contributed by atoms with Gasteiger partial charge in [0.15, 0.2) is 0 Å². The molecule has 0 amide bonds. The van der Waals surface area contributed by atoms with Crippen molar-refractivity contribution in [1.82, 2.24) is 4.98 Å². The topological polar surface area (TPSA) is 78.6 Å². The lowest BCUT2D eigenvalue weighted by Crippen LogP contribution is -2.16. The zero-order chi connectivity index (χ0) is 22.9. The summed E-state index contributed by atoms with van der Waals surface area (Å²) in [5.41, 5.74) is -1.84. The molecule has 0 aliphatic carbocycles. The van der Waals surface area contributed by atoms with Crippen LogP contribution in [-0.4, -0.2) is 18.1 Å². The Morgan fingerprint density at radius 3 is 2.53 bits per heavy atom. The van der Waals surface area contributed by atoms with E-state index >= 15 is 0 Å². The number of aromatic nitrogens is 1. The first-order valence-corrected chi connectivity index (χ1v) is 9.23. The molecule has 0 aliphatic heterocycles. The lowest BCUT2D eigenvalue weighted by molar-refractivity contribution is -0.152. The first-order chi connectivity index (χ1) is 15.3. The molecule has 4 rings (SSSR count). The predicted octanol–water partition coefficient (Wildman–Crippen LogP) is 5.10. The maximum atomic E-state index is 13.8. The summed E-state index contributed by atoms with van der Waals surface area (Å²) in [4.78, 5) is 29.1. The molecular formula is C23H14F3NO5. The van der Waals surface area contributed by atoms with Gasteiger partial charge in [0.05, 0.1) is 23.6 Å². The second kappa shape index (κ2) is 8.18. The first kappa shape index (κ1) is 21.1. The van der Waals surface area contributed by atoms with Crippen molar-refractivity contribution >= 4 is 16.9 Å². The molecule has 0 spiro atoms. The fourth-order valence-electron chi connectivity index (χ4n) is 3.18. The van der Waals surface area contributed by atoms with E-state index in [4.69, 9.17) is 13.9 Å². The standard InChI is InChI=1S/C23H14F3NO5/c1-30-17-7-3-2-6-15(17)19-20(28)16-9-8-14(11-18(16)32-21(19)23(24,25)26)31-22(29)13-5-4-10-27-12-13/h2-12H,1H3. The fourth-order valence-corrected chi connectivity index (χ4v) is 3.18. The fraction of sp³-hybridized carbons (Fsp3) is 0.0870. The largest absolute Gasteiger partial charge is 0.496 e. The number of nitrogens with zero attached hydrogens (tertiary/aromatic N) is 1. The van der Waals surface area contributed by atoms with E-state index in [1.165, 1.54) is 62.0 Å². The molecule has 2 aromatic heterocycles. The number of esters is 1. The molecule has 9 heteroatoms. The summed E-state index contributed by atoms with van der Waals surface area (Å²) in [5.74, 6) is -2.24. The molecule has 0 saturated heterocycles. The molecule has 32 heavy (non-hydrogen) atoms. The number of hydrogen-bond donors (Lipinski definition) is 0. The summed E-state index contributed by atoms with van der Waals surface area (Å²) in [6.07, 6.45) is -2.21. The molecule has 0 radical (unpaired) electrons. The highest BCUT2D eigenvalue weighted by molar-refractivity contribution is 5.91. The average molecular weight is 441 g/mol. The molecular weight excluding hydrogens is 427 g/mol. The zero-order valence-corrected chi connectivity index (χ0v) is 16.5. The van der Waals surface area contributed by atoms with Gasteiger partial charge in [-0.3, -0.25) is 9.78 Å². The number of carbonyl (C=O) groups is 1. The van der Waals surface area contributed by atoms with Gasteiger partial charge in [-0.2, -0.15) is 13.2 Å². The second-order valence-corrected chi connectivity index (χ2v) is 6.62. The second-order valence-electron chi connectivity index (χ2n) is 6.62. The van der Waals surface area contributed by atoms with E-state index in [2.05, 4.69) is 4.98 Å². The molecule has 0 atom stereocenters. The molecule has 0 N–H and O–H groups in total. The van der Waals surface area contributed by atoms with Crippen molar-refractivity contribution in [3.05, 3.63) is 88.5 Å². The van der Waals surface area contributed by atoms with Crippen LogP contribution in [0.3, 0.4) is 0 Å². The van der Waals surface area contributed by atoms with Gasteiger partial charge in [-0.25, -0.2) is 4.79 Å². The van der Waals surface area contributed by atoms with Crippen LogP contribution in [0, 0.1) is 0 Å². The molecule has 2 heterocycles. The smallest absolute Gasteiger partial charge is 0.450 e. The maximum absolute atomic E-state index is 13.8. The van der Waals surface area contributed by atoms with Crippen molar-refractivity contribution in [3.63, 3.8) is 0 Å². The number of carbonyl (C=O) groups excluding carboxylic acids is 1. The van der Waals surface area contributed by atoms with E-state index in [9.17, 15) is 22.8 Å². The average Bonchev–Trinajstić information content (AvgIpc) is 2.79. The number of para-hydroxylation sites is 1. The summed E-state index contributed by atoms with van der Waals surface area (Å²) in [6.45, 7) is 0. The highest BCUT2D eigenvalue weighted by atomic mass is 19.4. The van der Waals surface area contributed by atoms with E-state index in [0.717, 1.165) is 6.07 Å². The van der Waals surface area contributed by atoms with Crippen LogP contribution in [0.2, 0.25) is 0 Å². The number of pyridine rings is 1. The predicted molar refractivity (Wildman–Crippen MR) is 109 cm³/mol. The number of rotatable bonds is 4. The van der Waals surface area contributed by atoms with Gasteiger partial charge in [0.25, 0.3) is 0 Å². The van der Waals surface area contributed by atoms with Gasteiger partial charge in [-0.15, -0.1) is 0 Å². The highest BCUT2D eigenvalue weighted by Crippen LogP contribution is 2.40. The Morgan fingerprint density at radius 2 is 1.84 bits per heavy atom. The Balaban J connectivity index is 1.87. The quantitative estimate of drug-likeness (QED) is 0.324. The van der Waals surface area contributed by atoms with Gasteiger partial charge < -0.3 is 13.9 Å². The third-order valence-electron chi connectivity index (χ3n) is 4.61. The van der Waals surface area contributed by atoms with Crippen molar-refractivity contribution in [1.29, 1.82) is 0 Å². The number of hydrogen-bond acceptors (Lipinski definition) is 6. The normalized spacial score (nSPS) is 11.4. The van der Waals surface area contributed by atoms with Crippen LogP contribution in [0.5, 0.6) is 11.5 Å². The summed E-state index contributed by atoms with van der Waals surface area (Å²) in [6, 6.07) is 12.5. The SMILES string of the molecule is COc1ccccc1-c1c(C(F)(F)F)oc2cc(OC(=O)c3cccnc3)ccc2c1=O. The lowest BCUT2D eigenvalue weighted by Gasteiger charge is -2.15. The van der Waals surface area contributed by atoms with Crippen molar-refractivity contribution in [3.8, 4) is 22.6 Å². The van der Waals surface area contributed by atoms with Crippen LogP contribution in [0.1, 0.15) is 16.1 Å². The Bertz CT molecular complexity index is 1360. The van der Waals surface area contributed by atoms with Crippen molar-refractivity contribution in [2.24, 2.45) is 0 Å². The lowest BCUT2D eigenvalue weighted by atomic mass is 10.0. The van der Waals surface area contributed by atoms with E-state index in [1.807, 2.05) is 0 Å². The minimum absolute atomic E-state index is 0.0509. The number of benzene rings is 2. The van der Waals surface area contributed by atoms with Gasteiger partial charge in [-0.05, 0) is 30.3 Å². The van der Waals surface area contributed by atoms with Crippen molar-refractivity contribution < 1.29 is 31.9 Å². The highest BCUT2D eigenvalue weighted by Gasteiger charge is 2.40. The minimum Gasteiger partial charge on any atom is -0.496 e. The molecule has 6 nitrogen and oxygen atoms in total. The van der Waals surface area contributed by atoms with Gasteiger partial charge in [0.1, 0.15) is 17.1 Å². The molecule has 162 valence electrons. The molecule has 0 saturated carbocycles. The van der Waals surface area contributed by atoms with Crippen LogP contribution < -0.4 is 14.9 Å². The first-order valence-electron chi connectivity index (χ1n) is 9.23. The van der Waals surface area contributed by atoms with Crippen LogP contribution in [-0.2, 0) is 6.18 Å².